The molecule has 5 nitrogen and oxygen atoms in total. The number of carboxylic acids is 1. The Hall–Kier alpha value is -2.12. The van der Waals surface area contributed by atoms with E-state index in [4.69, 9.17) is 5.11 Å². The van der Waals surface area contributed by atoms with Gasteiger partial charge in [0.15, 0.2) is 0 Å². The zero-order valence-electron chi connectivity index (χ0n) is 10.6. The van der Waals surface area contributed by atoms with Gasteiger partial charge in [-0.05, 0) is 18.6 Å². The fourth-order valence-electron chi connectivity index (χ4n) is 1.64. The van der Waals surface area contributed by atoms with Gasteiger partial charge in [-0.15, -0.1) is 0 Å². The number of aliphatic carboxylic acids is 1. The fourth-order valence-corrected chi connectivity index (χ4v) is 1.64. The summed E-state index contributed by atoms with van der Waals surface area (Å²) in [6.45, 7) is 1.06. The fraction of sp³-hybridized carbons (Fsp3) is 0.417. The van der Waals surface area contributed by atoms with Crippen LogP contribution in [-0.4, -0.2) is 40.0 Å². The van der Waals surface area contributed by atoms with Crippen LogP contribution in [0.5, 0.6) is 0 Å². The zero-order valence-corrected chi connectivity index (χ0v) is 10.6. The number of pyridine rings is 1. The maximum Gasteiger partial charge on any atom is 0.418 e. The van der Waals surface area contributed by atoms with E-state index >= 15 is 0 Å². The Labute approximate surface area is 113 Å². The number of alkyl halides is 3. The Morgan fingerprint density at radius 1 is 1.40 bits per heavy atom. The Bertz CT molecular complexity index is 503. The van der Waals surface area contributed by atoms with E-state index in [0.29, 0.717) is 6.42 Å². The summed E-state index contributed by atoms with van der Waals surface area (Å²) in [5.41, 5.74) is -1.95. The van der Waals surface area contributed by atoms with Gasteiger partial charge in [0, 0.05) is 12.7 Å². The lowest BCUT2D eigenvalue weighted by Crippen LogP contribution is -2.37. The second-order valence-corrected chi connectivity index (χ2v) is 4.02. The predicted molar refractivity (Wildman–Crippen MR) is 63.1 cm³/mol. The first kappa shape index (κ1) is 15.9. The van der Waals surface area contributed by atoms with Gasteiger partial charge in [0.05, 0.1) is 5.56 Å². The van der Waals surface area contributed by atoms with Gasteiger partial charge in [-0.25, -0.2) is 0 Å². The van der Waals surface area contributed by atoms with Crippen LogP contribution < -0.4 is 0 Å². The molecule has 0 atom stereocenters. The smallest absolute Gasteiger partial charge is 0.418 e. The van der Waals surface area contributed by atoms with Crippen molar-refractivity contribution in [2.45, 2.75) is 19.5 Å². The molecule has 0 radical (unpaired) electrons. The summed E-state index contributed by atoms with van der Waals surface area (Å²) < 4.78 is 38.4. The van der Waals surface area contributed by atoms with Crippen molar-refractivity contribution in [3.05, 3.63) is 29.6 Å². The number of carboxylic acid groups (broad SMARTS) is 1. The molecule has 0 aliphatic rings. The SMILES string of the molecule is CCCN(CC(=O)O)C(=O)c1ncccc1C(F)(F)F. The van der Waals surface area contributed by atoms with Gasteiger partial charge >= 0.3 is 12.1 Å². The largest absolute Gasteiger partial charge is 0.480 e. The van der Waals surface area contributed by atoms with Crippen molar-refractivity contribution in [3.63, 3.8) is 0 Å². The van der Waals surface area contributed by atoms with Crippen LogP contribution in [-0.2, 0) is 11.0 Å². The highest BCUT2D eigenvalue weighted by Gasteiger charge is 2.37. The Balaban J connectivity index is 3.15. The van der Waals surface area contributed by atoms with Crippen molar-refractivity contribution in [2.75, 3.05) is 13.1 Å². The average molecular weight is 290 g/mol. The van der Waals surface area contributed by atoms with Crippen molar-refractivity contribution in [1.29, 1.82) is 0 Å². The molecule has 0 aromatic carbocycles. The molecule has 0 unspecified atom stereocenters. The van der Waals surface area contributed by atoms with Gasteiger partial charge in [0.2, 0.25) is 0 Å². The maximum atomic E-state index is 12.8. The van der Waals surface area contributed by atoms with Crippen LogP contribution in [0.15, 0.2) is 18.3 Å². The van der Waals surface area contributed by atoms with E-state index in [-0.39, 0.29) is 6.54 Å². The molecule has 0 saturated carbocycles. The third-order valence-corrected chi connectivity index (χ3v) is 2.42. The van der Waals surface area contributed by atoms with Crippen LogP contribution in [0.25, 0.3) is 0 Å². The first-order valence-corrected chi connectivity index (χ1v) is 5.80. The van der Waals surface area contributed by atoms with Gasteiger partial charge in [-0.2, -0.15) is 13.2 Å². The van der Waals surface area contributed by atoms with Crippen LogP contribution in [0.1, 0.15) is 29.4 Å². The maximum absolute atomic E-state index is 12.8. The van der Waals surface area contributed by atoms with Crippen LogP contribution >= 0.6 is 0 Å². The quantitative estimate of drug-likeness (QED) is 0.900. The minimum atomic E-state index is -4.72. The summed E-state index contributed by atoms with van der Waals surface area (Å²) in [6.07, 6.45) is -3.24. The molecular formula is C12H13F3N2O3. The molecule has 1 amide bonds. The summed E-state index contributed by atoms with van der Waals surface area (Å²) in [7, 11) is 0. The normalized spacial score (nSPS) is 11.2. The lowest BCUT2D eigenvalue weighted by Gasteiger charge is -2.21. The Morgan fingerprint density at radius 3 is 2.55 bits per heavy atom. The van der Waals surface area contributed by atoms with E-state index in [1.807, 2.05) is 0 Å². The summed E-state index contributed by atoms with van der Waals surface area (Å²) in [6, 6.07) is 1.81. The molecule has 1 heterocycles. The third-order valence-electron chi connectivity index (χ3n) is 2.42. The van der Waals surface area contributed by atoms with E-state index < -0.39 is 35.9 Å². The molecule has 1 rings (SSSR count). The molecular weight excluding hydrogens is 277 g/mol. The lowest BCUT2D eigenvalue weighted by atomic mass is 10.1. The van der Waals surface area contributed by atoms with E-state index in [2.05, 4.69) is 4.98 Å². The van der Waals surface area contributed by atoms with Gasteiger partial charge in [0.25, 0.3) is 5.91 Å². The summed E-state index contributed by atoms with van der Waals surface area (Å²) in [5, 5.41) is 8.70. The van der Waals surface area contributed by atoms with Crippen LogP contribution in [0, 0.1) is 0 Å². The highest BCUT2D eigenvalue weighted by atomic mass is 19.4. The number of carbonyl (C=O) groups is 2. The minimum Gasteiger partial charge on any atom is -0.480 e. The van der Waals surface area contributed by atoms with Gasteiger partial charge < -0.3 is 10.0 Å². The van der Waals surface area contributed by atoms with Crippen molar-refractivity contribution in [1.82, 2.24) is 9.88 Å². The van der Waals surface area contributed by atoms with Crippen LogP contribution in [0.4, 0.5) is 13.2 Å². The highest BCUT2D eigenvalue weighted by molar-refractivity contribution is 5.95. The number of nitrogens with zero attached hydrogens (tertiary/aromatic N) is 2. The molecule has 110 valence electrons. The molecule has 20 heavy (non-hydrogen) atoms. The van der Waals surface area contributed by atoms with Crippen molar-refractivity contribution in [3.8, 4) is 0 Å². The number of aromatic nitrogens is 1. The van der Waals surface area contributed by atoms with E-state index in [9.17, 15) is 22.8 Å². The highest BCUT2D eigenvalue weighted by Crippen LogP contribution is 2.31. The van der Waals surface area contributed by atoms with E-state index in [1.165, 1.54) is 0 Å². The molecule has 8 heteroatoms. The third kappa shape index (κ3) is 3.94. The van der Waals surface area contributed by atoms with Crippen molar-refractivity contribution in [2.24, 2.45) is 0 Å². The first-order chi connectivity index (χ1) is 9.27. The number of hydrogen-bond donors (Lipinski definition) is 1. The minimum absolute atomic E-state index is 0.0407. The van der Waals surface area contributed by atoms with Gasteiger partial charge in [-0.1, -0.05) is 6.92 Å². The van der Waals surface area contributed by atoms with E-state index in [0.717, 1.165) is 23.2 Å². The molecule has 1 aromatic rings. The molecule has 1 N–H and O–H groups in total. The van der Waals surface area contributed by atoms with Crippen LogP contribution in [0.2, 0.25) is 0 Å². The predicted octanol–water partition coefficient (Wildman–Crippen LogP) is 2.04. The van der Waals surface area contributed by atoms with Crippen molar-refractivity contribution < 1.29 is 27.9 Å². The summed E-state index contributed by atoms with van der Waals surface area (Å²) in [4.78, 5) is 27.0. The average Bonchev–Trinajstić information content (AvgIpc) is 2.36. The Kier molecular flexibility index (Phi) is 5.06. The molecule has 0 fully saturated rings. The number of rotatable bonds is 5. The standard InChI is InChI=1S/C12H13F3N2O3/c1-2-6-17(7-9(18)19)11(20)10-8(12(13,14)15)4-3-5-16-10/h3-5H,2,6-7H2,1H3,(H,18,19). The van der Waals surface area contributed by atoms with E-state index in [1.54, 1.807) is 6.92 Å². The summed E-state index contributed by atoms with van der Waals surface area (Å²) >= 11 is 0. The first-order valence-electron chi connectivity index (χ1n) is 5.80. The summed E-state index contributed by atoms with van der Waals surface area (Å²) in [5.74, 6) is -2.33. The van der Waals surface area contributed by atoms with Crippen molar-refractivity contribution >= 4 is 11.9 Å². The monoisotopic (exact) mass is 290 g/mol. The second-order valence-electron chi connectivity index (χ2n) is 4.02. The molecule has 0 saturated heterocycles. The number of halogens is 3. The molecule has 0 spiro atoms. The number of hydrogen-bond acceptors (Lipinski definition) is 3. The molecule has 0 aliphatic carbocycles. The van der Waals surface area contributed by atoms with Gasteiger partial charge in [-0.3, -0.25) is 14.6 Å². The second kappa shape index (κ2) is 6.36. The zero-order chi connectivity index (χ0) is 15.3. The topological polar surface area (TPSA) is 70.5 Å². The Morgan fingerprint density at radius 2 is 2.05 bits per heavy atom. The molecule has 0 aliphatic heterocycles. The molecule has 1 aromatic heterocycles. The van der Waals surface area contributed by atoms with Gasteiger partial charge in [0.1, 0.15) is 12.2 Å². The lowest BCUT2D eigenvalue weighted by molar-refractivity contribution is -0.138. The number of amides is 1. The molecule has 0 bridgehead atoms. The number of carbonyl (C=O) groups excluding carboxylic acids is 1. The van der Waals surface area contributed by atoms with Crippen LogP contribution in [0.3, 0.4) is 0 Å².